The molecule has 0 atom stereocenters. The minimum Gasteiger partial charge on any atom is -0.399 e. The Labute approximate surface area is 117 Å². The first kappa shape index (κ1) is 13.8. The van der Waals surface area contributed by atoms with Gasteiger partial charge in [-0.05, 0) is 36.8 Å². The Kier molecular flexibility index (Phi) is 4.14. The van der Waals surface area contributed by atoms with Gasteiger partial charge in [-0.25, -0.2) is 0 Å². The second-order valence-electron chi connectivity index (χ2n) is 4.40. The molecule has 0 fully saturated rings. The number of nitrogens with zero attached hydrogens (tertiary/aromatic N) is 3. The van der Waals surface area contributed by atoms with Gasteiger partial charge in [0, 0.05) is 18.8 Å². The molecule has 0 saturated carbocycles. The lowest BCUT2D eigenvalue weighted by atomic mass is 10.2. The predicted octanol–water partition coefficient (Wildman–Crippen LogP) is 1.18. The van der Waals surface area contributed by atoms with Gasteiger partial charge < -0.3 is 16.4 Å². The van der Waals surface area contributed by atoms with Gasteiger partial charge in [-0.2, -0.15) is 0 Å². The van der Waals surface area contributed by atoms with Crippen LogP contribution >= 0.6 is 0 Å². The zero-order valence-electron chi connectivity index (χ0n) is 11.3. The molecule has 6 heteroatoms. The molecule has 0 aliphatic rings. The van der Waals surface area contributed by atoms with Crippen LogP contribution in [0.25, 0.3) is 0 Å². The van der Waals surface area contributed by atoms with E-state index >= 15 is 0 Å². The molecule has 2 rings (SSSR count). The quantitative estimate of drug-likeness (QED) is 0.796. The summed E-state index contributed by atoms with van der Waals surface area (Å²) in [5.74, 6) is 0.114. The summed E-state index contributed by atoms with van der Waals surface area (Å²) in [6.07, 6.45) is 0. The van der Waals surface area contributed by atoms with E-state index in [0.29, 0.717) is 12.4 Å². The van der Waals surface area contributed by atoms with Crippen molar-refractivity contribution in [1.29, 1.82) is 0 Å². The Balaban J connectivity index is 2.17. The fourth-order valence-electron chi connectivity index (χ4n) is 1.89. The Bertz CT molecular complexity index is 597. The zero-order chi connectivity index (χ0) is 14.5. The van der Waals surface area contributed by atoms with E-state index in [1.807, 2.05) is 36.1 Å². The standard InChI is InChI=1S/C14H17N5O/c1-2-19(9-10-4-3-5-11(15)8-10)13-7-6-12(14(16)20)17-18-13/h3-8H,2,9,15H2,1H3,(H2,16,20). The molecule has 1 heterocycles. The van der Waals surface area contributed by atoms with Gasteiger partial charge in [0.15, 0.2) is 11.5 Å². The number of carbonyl (C=O) groups is 1. The molecule has 0 spiro atoms. The molecular weight excluding hydrogens is 254 g/mol. The van der Waals surface area contributed by atoms with Crippen LogP contribution < -0.4 is 16.4 Å². The van der Waals surface area contributed by atoms with E-state index < -0.39 is 5.91 Å². The molecule has 0 radical (unpaired) electrons. The lowest BCUT2D eigenvalue weighted by molar-refractivity contribution is 0.0994. The summed E-state index contributed by atoms with van der Waals surface area (Å²) in [7, 11) is 0. The fourth-order valence-corrected chi connectivity index (χ4v) is 1.89. The molecular formula is C14H17N5O. The molecule has 20 heavy (non-hydrogen) atoms. The van der Waals surface area contributed by atoms with E-state index in [0.717, 1.165) is 17.8 Å². The van der Waals surface area contributed by atoms with Crippen molar-refractivity contribution in [2.75, 3.05) is 17.2 Å². The van der Waals surface area contributed by atoms with Gasteiger partial charge in [0.1, 0.15) is 0 Å². The summed E-state index contributed by atoms with van der Waals surface area (Å²) >= 11 is 0. The van der Waals surface area contributed by atoms with Gasteiger partial charge >= 0.3 is 0 Å². The molecule has 2 aromatic rings. The molecule has 0 aliphatic carbocycles. The second-order valence-corrected chi connectivity index (χ2v) is 4.40. The maximum absolute atomic E-state index is 11.0. The molecule has 6 nitrogen and oxygen atoms in total. The third-order valence-corrected chi connectivity index (χ3v) is 2.93. The zero-order valence-corrected chi connectivity index (χ0v) is 11.3. The van der Waals surface area contributed by atoms with Gasteiger partial charge in [-0.3, -0.25) is 4.79 Å². The third-order valence-electron chi connectivity index (χ3n) is 2.93. The molecule has 104 valence electrons. The first-order valence-electron chi connectivity index (χ1n) is 6.33. The highest BCUT2D eigenvalue weighted by Gasteiger charge is 2.09. The average molecular weight is 271 g/mol. The Morgan fingerprint density at radius 3 is 2.60 bits per heavy atom. The van der Waals surface area contributed by atoms with Crippen molar-refractivity contribution in [3.05, 3.63) is 47.7 Å². The number of hydrogen-bond acceptors (Lipinski definition) is 5. The van der Waals surface area contributed by atoms with Crippen LogP contribution in [0.4, 0.5) is 11.5 Å². The van der Waals surface area contributed by atoms with E-state index in [1.165, 1.54) is 0 Å². The van der Waals surface area contributed by atoms with Gasteiger partial charge in [0.25, 0.3) is 5.91 Å². The number of carbonyl (C=O) groups excluding carboxylic acids is 1. The van der Waals surface area contributed by atoms with E-state index in [-0.39, 0.29) is 5.69 Å². The molecule has 0 bridgehead atoms. The highest BCUT2D eigenvalue weighted by molar-refractivity contribution is 5.90. The topological polar surface area (TPSA) is 98.1 Å². The maximum atomic E-state index is 11.0. The highest BCUT2D eigenvalue weighted by Crippen LogP contribution is 2.15. The number of nitrogens with two attached hydrogens (primary N) is 2. The number of nitrogen functional groups attached to an aromatic ring is 1. The van der Waals surface area contributed by atoms with Crippen molar-refractivity contribution in [1.82, 2.24) is 10.2 Å². The van der Waals surface area contributed by atoms with Crippen LogP contribution in [0.15, 0.2) is 36.4 Å². The molecule has 1 aromatic heterocycles. The van der Waals surface area contributed by atoms with Crippen LogP contribution in [0.1, 0.15) is 23.0 Å². The van der Waals surface area contributed by atoms with Crippen LogP contribution in [-0.2, 0) is 6.54 Å². The largest absolute Gasteiger partial charge is 0.399 e. The monoisotopic (exact) mass is 271 g/mol. The number of benzene rings is 1. The molecule has 1 amide bonds. The highest BCUT2D eigenvalue weighted by atomic mass is 16.1. The van der Waals surface area contributed by atoms with Crippen LogP contribution in [-0.4, -0.2) is 22.6 Å². The van der Waals surface area contributed by atoms with Gasteiger partial charge in [0.2, 0.25) is 0 Å². The van der Waals surface area contributed by atoms with E-state index in [1.54, 1.807) is 12.1 Å². The number of aromatic nitrogens is 2. The van der Waals surface area contributed by atoms with Crippen molar-refractivity contribution in [2.24, 2.45) is 5.73 Å². The Morgan fingerprint density at radius 1 is 1.25 bits per heavy atom. The van der Waals surface area contributed by atoms with Crippen molar-refractivity contribution in [2.45, 2.75) is 13.5 Å². The van der Waals surface area contributed by atoms with Gasteiger partial charge in [-0.1, -0.05) is 12.1 Å². The Hall–Kier alpha value is -2.63. The van der Waals surface area contributed by atoms with Crippen LogP contribution in [0.5, 0.6) is 0 Å². The Morgan fingerprint density at radius 2 is 2.05 bits per heavy atom. The third kappa shape index (κ3) is 3.23. The van der Waals surface area contributed by atoms with Crippen LogP contribution in [0.2, 0.25) is 0 Å². The lowest BCUT2D eigenvalue weighted by Gasteiger charge is -2.21. The lowest BCUT2D eigenvalue weighted by Crippen LogP contribution is -2.24. The minimum absolute atomic E-state index is 0.161. The maximum Gasteiger partial charge on any atom is 0.269 e. The first-order valence-corrected chi connectivity index (χ1v) is 6.33. The van der Waals surface area contributed by atoms with Crippen molar-refractivity contribution in [3.63, 3.8) is 0 Å². The predicted molar refractivity (Wildman–Crippen MR) is 78.1 cm³/mol. The first-order chi connectivity index (χ1) is 9.60. The molecule has 0 saturated heterocycles. The van der Waals surface area contributed by atoms with Crippen LogP contribution in [0, 0.1) is 0 Å². The molecule has 4 N–H and O–H groups in total. The average Bonchev–Trinajstić information content (AvgIpc) is 2.45. The van der Waals surface area contributed by atoms with Crippen LogP contribution in [0.3, 0.4) is 0 Å². The van der Waals surface area contributed by atoms with Gasteiger partial charge in [-0.15, -0.1) is 10.2 Å². The number of amides is 1. The van der Waals surface area contributed by atoms with Gasteiger partial charge in [0.05, 0.1) is 0 Å². The number of rotatable bonds is 5. The minimum atomic E-state index is -0.581. The normalized spacial score (nSPS) is 10.2. The summed E-state index contributed by atoms with van der Waals surface area (Å²) in [5.41, 5.74) is 12.9. The second kappa shape index (κ2) is 6.01. The van der Waals surface area contributed by atoms with Crippen molar-refractivity contribution < 1.29 is 4.79 Å². The summed E-state index contributed by atoms with van der Waals surface area (Å²) < 4.78 is 0. The molecule has 1 aromatic carbocycles. The summed E-state index contributed by atoms with van der Waals surface area (Å²) in [5, 5.41) is 7.85. The fraction of sp³-hybridized carbons (Fsp3) is 0.214. The summed E-state index contributed by atoms with van der Waals surface area (Å²) in [4.78, 5) is 13.0. The van der Waals surface area contributed by atoms with E-state index in [9.17, 15) is 4.79 Å². The van der Waals surface area contributed by atoms with Crippen molar-refractivity contribution in [3.8, 4) is 0 Å². The van der Waals surface area contributed by atoms with Crippen molar-refractivity contribution >= 4 is 17.4 Å². The molecule has 0 unspecified atom stereocenters. The van der Waals surface area contributed by atoms with E-state index in [2.05, 4.69) is 10.2 Å². The number of hydrogen-bond donors (Lipinski definition) is 2. The van der Waals surface area contributed by atoms with E-state index in [4.69, 9.17) is 11.5 Å². The summed E-state index contributed by atoms with van der Waals surface area (Å²) in [6.45, 7) is 3.46. The smallest absolute Gasteiger partial charge is 0.269 e. The summed E-state index contributed by atoms with van der Waals surface area (Å²) in [6, 6.07) is 11.0. The molecule has 0 aliphatic heterocycles. The number of primary amides is 1. The SMILES string of the molecule is CCN(Cc1cccc(N)c1)c1ccc(C(N)=O)nn1. The number of anilines is 2.